The van der Waals surface area contributed by atoms with Crippen LogP contribution in [-0.2, 0) is 20.3 Å². The Balaban J connectivity index is 1.81. The van der Waals surface area contributed by atoms with Crippen molar-refractivity contribution in [1.29, 1.82) is 0 Å². The summed E-state index contributed by atoms with van der Waals surface area (Å²) in [5.41, 5.74) is 9.84. The minimum atomic E-state index is -2.68. The van der Waals surface area contributed by atoms with Gasteiger partial charge in [0, 0.05) is 0 Å². The third-order valence-corrected chi connectivity index (χ3v) is 24.4. The maximum atomic E-state index is 2.73. The fourth-order valence-corrected chi connectivity index (χ4v) is 25.7. The van der Waals surface area contributed by atoms with E-state index in [1.54, 1.807) is 49.0 Å². The van der Waals surface area contributed by atoms with Gasteiger partial charge in [-0.1, -0.05) is 0 Å². The van der Waals surface area contributed by atoms with Crippen molar-refractivity contribution in [2.24, 2.45) is 0 Å². The molecule has 6 rings (SSSR count). The number of fused-ring (bicyclic) bond motifs is 8. The van der Waals surface area contributed by atoms with Gasteiger partial charge in [-0.2, -0.15) is 0 Å². The van der Waals surface area contributed by atoms with Crippen molar-refractivity contribution in [3.8, 4) is 0 Å². The summed E-state index contributed by atoms with van der Waals surface area (Å²) in [4.78, 5) is 0. The first kappa shape index (κ1) is 19.9. The van der Waals surface area contributed by atoms with Crippen LogP contribution in [0.25, 0.3) is 10.4 Å². The fourth-order valence-electron chi connectivity index (χ4n) is 7.73. The Labute approximate surface area is 192 Å². The minimum absolute atomic E-state index is 0.670. The van der Waals surface area contributed by atoms with Crippen LogP contribution in [0.15, 0.2) is 90.0 Å². The van der Waals surface area contributed by atoms with Crippen molar-refractivity contribution in [2.45, 2.75) is 36.9 Å². The van der Waals surface area contributed by atoms with Gasteiger partial charge in [0.25, 0.3) is 0 Å². The molecule has 2 atom stereocenters. The van der Waals surface area contributed by atoms with E-state index in [1.807, 2.05) is 0 Å². The maximum absolute atomic E-state index is 2.73. The van der Waals surface area contributed by atoms with Crippen LogP contribution in [0.3, 0.4) is 0 Å². The van der Waals surface area contributed by atoms with Crippen LogP contribution in [0.2, 0.25) is 15.8 Å². The summed E-state index contributed by atoms with van der Waals surface area (Å²) < 4.78 is 6.79. The quantitative estimate of drug-likeness (QED) is 0.308. The van der Waals surface area contributed by atoms with Gasteiger partial charge in [0.05, 0.1) is 0 Å². The molecule has 2 heteroatoms. The van der Waals surface area contributed by atoms with Crippen LogP contribution in [-0.4, -0.2) is 8.07 Å². The Kier molecular flexibility index (Phi) is 4.25. The molecule has 3 aromatic rings. The normalized spacial score (nSPS) is 27.6. The SMILES string of the molecule is CC1=C2c3ccccc3[CH]1[Zr]([CH3])([CH3])[CH]1C(C)=C(c3ccccc31)[Si]2(C)c1ccccc1. The second kappa shape index (κ2) is 6.63. The van der Waals surface area contributed by atoms with Crippen LogP contribution in [0, 0.1) is 0 Å². The number of hydrogen-bond acceptors (Lipinski definition) is 0. The van der Waals surface area contributed by atoms with Crippen LogP contribution >= 0.6 is 0 Å². The van der Waals surface area contributed by atoms with E-state index in [0.717, 1.165) is 0 Å². The standard InChI is InChI=1S/C27H24Si.2CH3.Zr/c1-19-17-21-11-7-9-15-24(21)26(19)28(3,23-13-5-4-6-14-23)27-20(2)18-22-12-8-10-16-25(22)27;;;/h4-18H,1-3H3;2*1H3;. The first-order valence-electron chi connectivity index (χ1n) is 11.5. The van der Waals surface area contributed by atoms with Crippen LogP contribution in [0.5, 0.6) is 0 Å². The fraction of sp³-hybridized carbons (Fsp3) is 0.241. The first-order valence-corrected chi connectivity index (χ1v) is 21.8. The number of benzene rings is 3. The van der Waals surface area contributed by atoms with Gasteiger partial charge >= 0.3 is 193 Å². The third-order valence-electron chi connectivity index (χ3n) is 8.58. The summed E-state index contributed by atoms with van der Waals surface area (Å²) in [6.45, 7) is 7.64. The van der Waals surface area contributed by atoms with Crippen molar-refractivity contribution in [1.82, 2.24) is 0 Å². The molecule has 2 unspecified atom stereocenters. The second-order valence-electron chi connectivity index (χ2n) is 10.5. The molecule has 0 aromatic heterocycles. The molecule has 1 aliphatic heterocycles. The molecule has 3 aliphatic rings. The Morgan fingerprint density at radius 3 is 1.52 bits per heavy atom. The van der Waals surface area contributed by atoms with Gasteiger partial charge in [-0.25, -0.2) is 0 Å². The molecule has 0 nitrogen and oxygen atoms in total. The molecule has 2 aliphatic carbocycles. The molecule has 0 radical (unpaired) electrons. The summed E-state index contributed by atoms with van der Waals surface area (Å²) in [5.74, 6) is 0. The summed E-state index contributed by atoms with van der Waals surface area (Å²) in [7, 11) is -2.17. The van der Waals surface area contributed by atoms with Gasteiger partial charge < -0.3 is 0 Å². The topological polar surface area (TPSA) is 0 Å². The van der Waals surface area contributed by atoms with Gasteiger partial charge in [0.2, 0.25) is 0 Å². The van der Waals surface area contributed by atoms with E-state index in [0.29, 0.717) is 7.25 Å². The molecule has 3 aromatic carbocycles. The molecular weight excluding hydrogens is 468 g/mol. The predicted molar refractivity (Wildman–Crippen MR) is 133 cm³/mol. The molecular formula is C29H30SiZr. The Morgan fingerprint density at radius 2 is 1.03 bits per heavy atom. The molecule has 0 fully saturated rings. The van der Waals surface area contributed by atoms with E-state index in [-0.39, 0.29) is 0 Å². The zero-order valence-corrected chi connectivity index (χ0v) is 22.6. The first-order chi connectivity index (χ1) is 14.9. The van der Waals surface area contributed by atoms with Gasteiger partial charge in [-0.3, -0.25) is 0 Å². The summed E-state index contributed by atoms with van der Waals surface area (Å²) in [5, 5.41) is 4.99. The number of allylic oxidation sites excluding steroid dienone is 2. The molecule has 0 spiro atoms. The Morgan fingerprint density at radius 1 is 0.613 bits per heavy atom. The summed E-state index contributed by atoms with van der Waals surface area (Å²) in [6.07, 6.45) is 0. The van der Waals surface area contributed by atoms with E-state index >= 15 is 0 Å². The molecule has 0 saturated carbocycles. The molecule has 31 heavy (non-hydrogen) atoms. The van der Waals surface area contributed by atoms with Crippen LogP contribution in [0.4, 0.5) is 0 Å². The van der Waals surface area contributed by atoms with E-state index in [4.69, 9.17) is 0 Å². The predicted octanol–water partition coefficient (Wildman–Crippen LogP) is 7.37. The molecule has 4 bridgehead atoms. The van der Waals surface area contributed by atoms with E-state index in [1.165, 1.54) is 0 Å². The van der Waals surface area contributed by atoms with Crippen LogP contribution < -0.4 is 5.19 Å². The monoisotopic (exact) mass is 496 g/mol. The molecule has 0 N–H and O–H groups in total. The number of rotatable bonds is 1. The number of hydrogen-bond donors (Lipinski definition) is 0. The van der Waals surface area contributed by atoms with Crippen molar-refractivity contribution in [3.05, 3.63) is 112 Å². The van der Waals surface area contributed by atoms with Gasteiger partial charge in [-0.05, 0) is 0 Å². The van der Waals surface area contributed by atoms with Crippen LogP contribution in [0.1, 0.15) is 43.4 Å². The van der Waals surface area contributed by atoms with Gasteiger partial charge in [0.1, 0.15) is 0 Å². The average Bonchev–Trinajstić information content (AvgIpc) is 3.25. The van der Waals surface area contributed by atoms with Crippen molar-refractivity contribution >= 4 is 23.7 Å². The second-order valence-corrected chi connectivity index (χ2v) is 26.1. The van der Waals surface area contributed by atoms with E-state index in [2.05, 4.69) is 109 Å². The molecule has 0 saturated heterocycles. The zero-order chi connectivity index (χ0) is 21.5. The van der Waals surface area contributed by atoms with Gasteiger partial charge in [-0.15, -0.1) is 0 Å². The van der Waals surface area contributed by atoms with Crippen molar-refractivity contribution in [2.75, 3.05) is 0 Å². The van der Waals surface area contributed by atoms with Crippen molar-refractivity contribution < 1.29 is 20.3 Å². The third kappa shape index (κ3) is 2.39. The van der Waals surface area contributed by atoms with E-state index in [9.17, 15) is 0 Å². The zero-order valence-electron chi connectivity index (χ0n) is 19.2. The van der Waals surface area contributed by atoms with E-state index < -0.39 is 28.3 Å². The summed E-state index contributed by atoms with van der Waals surface area (Å²) in [6, 6.07) is 30.4. The molecule has 154 valence electrons. The Bertz CT molecular complexity index is 1220. The van der Waals surface area contributed by atoms with Crippen molar-refractivity contribution in [3.63, 3.8) is 0 Å². The molecule has 1 heterocycles. The van der Waals surface area contributed by atoms with Gasteiger partial charge in [0.15, 0.2) is 0 Å². The average molecular weight is 498 g/mol. The summed E-state index contributed by atoms with van der Waals surface area (Å²) >= 11 is -2.68. The Hall–Kier alpha value is -1.76. The molecule has 0 amide bonds.